The first-order chi connectivity index (χ1) is 8.60. The summed E-state index contributed by atoms with van der Waals surface area (Å²) in [5.74, 6) is 0. The summed E-state index contributed by atoms with van der Waals surface area (Å²) in [5, 5.41) is 0.289. The second-order valence-corrected chi connectivity index (χ2v) is 13.9. The van der Waals surface area contributed by atoms with E-state index >= 15 is 0 Å². The molecular weight excluding hydrogens is 363 g/mol. The van der Waals surface area contributed by atoms with Crippen molar-refractivity contribution in [2.75, 3.05) is 0 Å². The largest absolute Gasteiger partial charge is 0.411 e. The SMILES string of the molecule is CCCC/C=C\[C@H](CC(C)I)O[Si](C)(C)C(C)(C)C. The van der Waals surface area contributed by atoms with Crippen LogP contribution >= 0.6 is 22.6 Å². The second-order valence-electron chi connectivity index (χ2n) is 7.00. The van der Waals surface area contributed by atoms with E-state index in [2.05, 4.69) is 82.5 Å². The molecule has 0 saturated heterocycles. The van der Waals surface area contributed by atoms with E-state index in [1.807, 2.05) is 0 Å². The Bertz CT molecular complexity index is 266. The Kier molecular flexibility index (Phi) is 9.13. The van der Waals surface area contributed by atoms with Crippen LogP contribution in [0.4, 0.5) is 0 Å². The van der Waals surface area contributed by atoms with Gasteiger partial charge in [0.2, 0.25) is 0 Å². The maximum Gasteiger partial charge on any atom is 0.192 e. The van der Waals surface area contributed by atoms with Crippen LogP contribution in [0.25, 0.3) is 0 Å². The van der Waals surface area contributed by atoms with Gasteiger partial charge in [-0.3, -0.25) is 0 Å². The lowest BCUT2D eigenvalue weighted by atomic mass is 10.1. The highest BCUT2D eigenvalue weighted by Gasteiger charge is 2.38. The summed E-state index contributed by atoms with van der Waals surface area (Å²) in [6.45, 7) is 16.1. The van der Waals surface area contributed by atoms with Gasteiger partial charge in [-0.15, -0.1) is 0 Å². The number of hydrogen-bond acceptors (Lipinski definition) is 1. The molecule has 0 saturated carbocycles. The van der Waals surface area contributed by atoms with Gasteiger partial charge in [-0.1, -0.05) is 82.2 Å². The van der Waals surface area contributed by atoms with Gasteiger partial charge in [0.1, 0.15) is 0 Å². The van der Waals surface area contributed by atoms with Crippen LogP contribution in [0.5, 0.6) is 0 Å². The van der Waals surface area contributed by atoms with Crippen molar-refractivity contribution in [3.63, 3.8) is 0 Å². The number of alkyl halides is 1. The molecule has 0 rings (SSSR count). The van der Waals surface area contributed by atoms with Crippen molar-refractivity contribution in [2.24, 2.45) is 0 Å². The standard InChI is InChI=1S/C16H33IOSi/c1-8-9-10-11-12-15(13-14(2)17)18-19(6,7)16(3,4)5/h11-12,14-15H,8-10,13H2,1-7H3/b12-11-/t14?,15-/m1/s1. The first kappa shape index (κ1) is 19.6. The minimum Gasteiger partial charge on any atom is -0.411 e. The lowest BCUT2D eigenvalue weighted by Gasteiger charge is -2.39. The molecule has 0 aromatic carbocycles. The average molecular weight is 396 g/mol. The molecule has 0 aliphatic rings. The minimum absolute atomic E-state index is 0.289. The molecule has 114 valence electrons. The van der Waals surface area contributed by atoms with Crippen LogP contribution in [0.1, 0.15) is 60.3 Å². The van der Waals surface area contributed by atoms with Gasteiger partial charge >= 0.3 is 0 Å². The summed E-state index contributed by atoms with van der Waals surface area (Å²) in [7, 11) is -1.66. The highest BCUT2D eigenvalue weighted by Crippen LogP contribution is 2.38. The molecule has 0 aromatic rings. The Morgan fingerprint density at radius 1 is 1.26 bits per heavy atom. The first-order valence-corrected chi connectivity index (χ1v) is 11.7. The molecular formula is C16H33IOSi. The maximum atomic E-state index is 6.54. The van der Waals surface area contributed by atoms with E-state index in [0.717, 1.165) is 6.42 Å². The van der Waals surface area contributed by atoms with Gasteiger partial charge < -0.3 is 4.43 Å². The van der Waals surface area contributed by atoms with Crippen molar-refractivity contribution in [3.8, 4) is 0 Å². The number of hydrogen-bond donors (Lipinski definition) is 0. The lowest BCUT2D eigenvalue weighted by Crippen LogP contribution is -2.43. The maximum absolute atomic E-state index is 6.54. The molecule has 0 aromatic heterocycles. The van der Waals surface area contributed by atoms with Gasteiger partial charge in [-0.2, -0.15) is 0 Å². The van der Waals surface area contributed by atoms with Crippen molar-refractivity contribution < 1.29 is 4.43 Å². The van der Waals surface area contributed by atoms with Gasteiger partial charge in [0.15, 0.2) is 8.32 Å². The van der Waals surface area contributed by atoms with Crippen LogP contribution in [0.15, 0.2) is 12.2 Å². The van der Waals surface area contributed by atoms with E-state index in [1.54, 1.807) is 0 Å². The Hall–Kier alpha value is 0.647. The Morgan fingerprint density at radius 2 is 1.84 bits per heavy atom. The summed E-state index contributed by atoms with van der Waals surface area (Å²) in [5.41, 5.74) is 0. The first-order valence-electron chi connectivity index (χ1n) is 7.58. The highest BCUT2D eigenvalue weighted by molar-refractivity contribution is 14.1. The summed E-state index contributed by atoms with van der Waals surface area (Å²) < 4.78 is 7.20. The molecule has 19 heavy (non-hydrogen) atoms. The fourth-order valence-electron chi connectivity index (χ4n) is 1.61. The third-order valence-corrected chi connectivity index (χ3v) is 8.90. The van der Waals surface area contributed by atoms with Crippen molar-refractivity contribution in [1.82, 2.24) is 0 Å². The van der Waals surface area contributed by atoms with E-state index in [9.17, 15) is 0 Å². The summed E-state index contributed by atoms with van der Waals surface area (Å²) in [6.07, 6.45) is 9.78. The van der Waals surface area contributed by atoms with Crippen molar-refractivity contribution >= 4 is 30.9 Å². The van der Waals surface area contributed by atoms with Crippen molar-refractivity contribution in [3.05, 3.63) is 12.2 Å². The zero-order chi connectivity index (χ0) is 15.1. The number of halogens is 1. The fourth-order valence-corrected chi connectivity index (χ4v) is 3.40. The molecule has 2 atom stereocenters. The molecule has 3 heteroatoms. The number of rotatable bonds is 8. The smallest absolute Gasteiger partial charge is 0.192 e. The Morgan fingerprint density at radius 3 is 2.26 bits per heavy atom. The monoisotopic (exact) mass is 396 g/mol. The van der Waals surface area contributed by atoms with Crippen LogP contribution in [-0.4, -0.2) is 18.3 Å². The molecule has 0 fully saturated rings. The number of unbranched alkanes of at least 4 members (excludes halogenated alkanes) is 2. The predicted octanol–water partition coefficient (Wildman–Crippen LogP) is 6.34. The van der Waals surface area contributed by atoms with Crippen LogP contribution in [0.2, 0.25) is 18.1 Å². The average Bonchev–Trinajstić information content (AvgIpc) is 2.21. The Labute approximate surface area is 135 Å². The summed E-state index contributed by atoms with van der Waals surface area (Å²) in [4.78, 5) is 0. The van der Waals surface area contributed by atoms with Gasteiger partial charge in [0.25, 0.3) is 0 Å². The zero-order valence-electron chi connectivity index (χ0n) is 13.9. The van der Waals surface area contributed by atoms with E-state index < -0.39 is 8.32 Å². The highest BCUT2D eigenvalue weighted by atomic mass is 127. The van der Waals surface area contributed by atoms with Gasteiger partial charge in [-0.25, -0.2) is 0 Å². The molecule has 0 radical (unpaired) electrons. The lowest BCUT2D eigenvalue weighted by molar-refractivity contribution is 0.216. The minimum atomic E-state index is -1.66. The van der Waals surface area contributed by atoms with Crippen molar-refractivity contribution in [2.45, 2.75) is 88.5 Å². The normalized spacial score (nSPS) is 16.8. The predicted molar refractivity (Wildman–Crippen MR) is 98.8 cm³/mol. The third-order valence-electron chi connectivity index (χ3n) is 3.88. The molecule has 0 aliphatic heterocycles. The van der Waals surface area contributed by atoms with Gasteiger partial charge in [-0.05, 0) is 31.0 Å². The second kappa shape index (κ2) is 8.83. The van der Waals surface area contributed by atoms with Gasteiger partial charge in [0, 0.05) is 3.92 Å². The quantitative estimate of drug-likeness (QED) is 0.153. The molecule has 0 heterocycles. The molecule has 1 nitrogen and oxygen atoms in total. The van der Waals surface area contributed by atoms with Crippen LogP contribution in [0, 0.1) is 0 Å². The Balaban J connectivity index is 4.63. The van der Waals surface area contributed by atoms with Crippen LogP contribution < -0.4 is 0 Å². The number of allylic oxidation sites excluding steroid dienone is 1. The van der Waals surface area contributed by atoms with E-state index in [1.165, 1.54) is 19.3 Å². The van der Waals surface area contributed by atoms with E-state index in [4.69, 9.17) is 4.43 Å². The molecule has 0 bridgehead atoms. The topological polar surface area (TPSA) is 9.23 Å². The van der Waals surface area contributed by atoms with Gasteiger partial charge in [0.05, 0.1) is 6.10 Å². The van der Waals surface area contributed by atoms with E-state index in [0.29, 0.717) is 10.0 Å². The summed E-state index contributed by atoms with van der Waals surface area (Å²) >= 11 is 2.50. The van der Waals surface area contributed by atoms with Crippen LogP contribution in [0.3, 0.4) is 0 Å². The molecule has 0 spiro atoms. The molecule has 0 aliphatic carbocycles. The molecule has 0 amide bonds. The molecule has 1 unspecified atom stereocenters. The zero-order valence-corrected chi connectivity index (χ0v) is 17.1. The summed E-state index contributed by atoms with van der Waals surface area (Å²) in [6, 6.07) is 0. The molecule has 0 N–H and O–H groups in total. The van der Waals surface area contributed by atoms with Crippen LogP contribution in [-0.2, 0) is 4.43 Å². The third kappa shape index (κ3) is 8.51. The van der Waals surface area contributed by atoms with Crippen molar-refractivity contribution in [1.29, 1.82) is 0 Å². The van der Waals surface area contributed by atoms with E-state index in [-0.39, 0.29) is 5.04 Å². The fraction of sp³-hybridized carbons (Fsp3) is 0.875.